The first-order chi connectivity index (χ1) is 14.5. The van der Waals surface area contributed by atoms with Crippen LogP contribution in [0.4, 0.5) is 13.2 Å². The number of quaternary nitrogens is 1. The fourth-order valence-corrected chi connectivity index (χ4v) is 4.52. The molecule has 2 aromatic rings. The highest BCUT2D eigenvalue weighted by Crippen LogP contribution is 2.31. The van der Waals surface area contributed by atoms with Crippen molar-refractivity contribution in [3.8, 4) is 0 Å². The number of alkyl halides is 3. The number of likely N-dealkylation sites (N-methyl/N-ethyl adjacent to an activating group) is 1. The van der Waals surface area contributed by atoms with Crippen LogP contribution >= 0.6 is 0 Å². The van der Waals surface area contributed by atoms with Crippen LogP contribution in [0.15, 0.2) is 60.7 Å². The van der Waals surface area contributed by atoms with E-state index in [2.05, 4.69) is 72.6 Å². The van der Waals surface area contributed by atoms with Gasteiger partial charge in [0.25, 0.3) is 0 Å². The molecule has 170 valence electrons. The Balaban J connectivity index is 0.000000293. The van der Waals surface area contributed by atoms with E-state index in [1.54, 1.807) is 0 Å². The summed E-state index contributed by atoms with van der Waals surface area (Å²) in [4.78, 5) is 2.75. The molecule has 3 fully saturated rings. The van der Waals surface area contributed by atoms with Gasteiger partial charge in [-0.25, -0.2) is 8.42 Å². The van der Waals surface area contributed by atoms with E-state index in [1.807, 2.05) is 0 Å². The lowest BCUT2D eigenvalue weighted by molar-refractivity contribution is -0.950. The third-order valence-corrected chi connectivity index (χ3v) is 6.85. The molecule has 0 spiro atoms. The zero-order chi connectivity index (χ0) is 22.7. The van der Waals surface area contributed by atoms with Crippen molar-refractivity contribution in [2.24, 2.45) is 0 Å². The van der Waals surface area contributed by atoms with E-state index in [1.165, 1.54) is 54.6 Å². The highest BCUT2D eigenvalue weighted by atomic mass is 32.2. The second-order valence-electron chi connectivity index (χ2n) is 8.47. The second kappa shape index (κ2) is 9.28. The van der Waals surface area contributed by atoms with Gasteiger partial charge in [-0.05, 0) is 17.5 Å². The molecule has 0 unspecified atom stereocenters. The predicted molar refractivity (Wildman–Crippen MR) is 111 cm³/mol. The maximum absolute atomic E-state index is 10.7. The average molecular weight is 457 g/mol. The summed E-state index contributed by atoms with van der Waals surface area (Å²) in [6.07, 6.45) is 2.42. The van der Waals surface area contributed by atoms with E-state index in [0.29, 0.717) is 6.04 Å². The van der Waals surface area contributed by atoms with Crippen molar-refractivity contribution >= 4 is 10.1 Å². The maximum Gasteiger partial charge on any atom is 0.485 e. The fourth-order valence-electron chi connectivity index (χ4n) is 4.52. The van der Waals surface area contributed by atoms with Crippen LogP contribution in [-0.2, 0) is 23.0 Å². The number of rotatable bonds is 4. The summed E-state index contributed by atoms with van der Waals surface area (Å²) >= 11 is 0. The van der Waals surface area contributed by atoms with Gasteiger partial charge in [0.1, 0.15) is 6.04 Å². The van der Waals surface area contributed by atoms with Crippen LogP contribution in [0.25, 0.3) is 0 Å². The van der Waals surface area contributed by atoms with E-state index in [9.17, 15) is 13.2 Å². The zero-order valence-electron chi connectivity index (χ0n) is 17.3. The Labute approximate surface area is 181 Å². The Morgan fingerprint density at radius 2 is 1.48 bits per heavy atom. The molecule has 3 heterocycles. The number of hydrogen-bond acceptors (Lipinski definition) is 4. The Morgan fingerprint density at radius 1 is 1.00 bits per heavy atom. The van der Waals surface area contributed by atoms with E-state index < -0.39 is 15.6 Å². The van der Waals surface area contributed by atoms with Crippen molar-refractivity contribution < 1.29 is 30.6 Å². The minimum atomic E-state index is -6.09. The van der Waals surface area contributed by atoms with Gasteiger partial charge >= 0.3 is 5.51 Å². The smallest absolute Gasteiger partial charge is 0.485 e. The molecule has 4 atom stereocenters. The number of hydrogen-bond donors (Lipinski definition) is 0. The number of fused-ring (bicyclic) bond motifs is 3. The molecule has 0 aromatic heterocycles. The van der Waals surface area contributed by atoms with Crippen molar-refractivity contribution in [3.63, 3.8) is 0 Å². The first kappa shape index (κ1) is 23.7. The molecule has 5 nitrogen and oxygen atoms in total. The molecule has 3 aliphatic rings. The minimum Gasteiger partial charge on any atom is -0.741 e. The molecule has 31 heavy (non-hydrogen) atoms. The summed E-state index contributed by atoms with van der Waals surface area (Å²) in [5.74, 6) is 0. The predicted octanol–water partition coefficient (Wildman–Crippen LogP) is 3.04. The highest BCUT2D eigenvalue weighted by molar-refractivity contribution is 7.86. The number of piperazine rings is 3. The van der Waals surface area contributed by atoms with Gasteiger partial charge in [0.15, 0.2) is 10.1 Å². The minimum absolute atomic E-state index is 0.711. The van der Waals surface area contributed by atoms with E-state index in [0.717, 1.165) is 6.04 Å². The number of halogens is 3. The van der Waals surface area contributed by atoms with Gasteiger partial charge in [0, 0.05) is 13.0 Å². The topological polar surface area (TPSA) is 60.4 Å². The molecule has 0 amide bonds. The Bertz CT molecular complexity index is 955. The van der Waals surface area contributed by atoms with Crippen LogP contribution in [-0.4, -0.2) is 73.2 Å². The van der Waals surface area contributed by atoms with Gasteiger partial charge in [-0.1, -0.05) is 60.7 Å². The van der Waals surface area contributed by atoms with Crippen LogP contribution in [0.5, 0.6) is 0 Å². The molecule has 3 aliphatic heterocycles. The third-order valence-electron chi connectivity index (χ3n) is 6.28. The largest absolute Gasteiger partial charge is 0.741 e. The van der Waals surface area contributed by atoms with E-state index >= 15 is 0 Å². The van der Waals surface area contributed by atoms with Crippen LogP contribution in [0.2, 0.25) is 0 Å². The molecule has 2 aromatic carbocycles. The SMILES string of the molecule is C[N@@+]12CC[N@@](C[C@@H]1Cc1ccccc1)[C@@H](Cc1ccccc1)C2.O=S(=O)([O-])C(F)(F)F. The molecule has 2 bridgehead atoms. The monoisotopic (exact) mass is 456 g/mol. The lowest BCUT2D eigenvalue weighted by Crippen LogP contribution is -2.74. The Morgan fingerprint density at radius 3 is 1.94 bits per heavy atom. The third kappa shape index (κ3) is 6.06. The quantitative estimate of drug-likeness (QED) is 0.403. The lowest BCUT2D eigenvalue weighted by atomic mass is 9.91. The summed E-state index contributed by atoms with van der Waals surface area (Å²) in [6, 6.07) is 23.5. The molecule has 0 aliphatic carbocycles. The van der Waals surface area contributed by atoms with Crippen molar-refractivity contribution in [1.29, 1.82) is 0 Å². The summed E-state index contributed by atoms with van der Waals surface area (Å²) in [6.45, 7) is 5.12. The Kier molecular flexibility index (Phi) is 7.10. The summed E-state index contributed by atoms with van der Waals surface area (Å²) in [5, 5.41) is 0. The highest BCUT2D eigenvalue weighted by Gasteiger charge is 2.47. The molecular formula is C22H27F3N2O3S. The second-order valence-corrected chi connectivity index (χ2v) is 9.84. The van der Waals surface area contributed by atoms with Gasteiger partial charge in [-0.15, -0.1) is 0 Å². The molecule has 0 radical (unpaired) electrons. The average Bonchev–Trinajstić information content (AvgIpc) is 2.70. The van der Waals surface area contributed by atoms with Gasteiger partial charge in [0.2, 0.25) is 0 Å². The molecule has 5 rings (SSSR count). The molecule has 9 heteroatoms. The summed E-state index contributed by atoms with van der Waals surface area (Å²) in [7, 11) is -3.60. The van der Waals surface area contributed by atoms with Crippen LogP contribution in [0.3, 0.4) is 0 Å². The molecule has 0 saturated carbocycles. The molecule has 3 saturated heterocycles. The van der Waals surface area contributed by atoms with Crippen LogP contribution in [0.1, 0.15) is 11.1 Å². The maximum atomic E-state index is 10.7. The van der Waals surface area contributed by atoms with E-state index in [4.69, 9.17) is 13.0 Å². The number of benzene rings is 2. The van der Waals surface area contributed by atoms with Crippen molar-refractivity contribution in [3.05, 3.63) is 71.8 Å². The van der Waals surface area contributed by atoms with Crippen LogP contribution < -0.4 is 0 Å². The zero-order valence-corrected chi connectivity index (χ0v) is 18.1. The normalized spacial score (nSPS) is 28.0. The van der Waals surface area contributed by atoms with Gasteiger partial charge in [0.05, 0.1) is 32.7 Å². The van der Waals surface area contributed by atoms with Gasteiger partial charge < -0.3 is 9.04 Å². The van der Waals surface area contributed by atoms with Crippen LogP contribution in [0, 0.1) is 0 Å². The standard InChI is InChI=1S/C21H27N2.CHF3O3S/c1-23-13-12-22(16-21(23)15-19-10-6-3-7-11-19)20(17-23)14-18-8-4-2-5-9-18;2-1(3,4)8(5,6)7/h2-11,20-21H,12-17H2,1H3;(H,5,6,7)/q+1;/p-1/t20-,21-,23-;/m0./s1. The van der Waals surface area contributed by atoms with Crippen molar-refractivity contribution in [2.75, 3.05) is 33.2 Å². The Hall–Kier alpha value is -1.94. The van der Waals surface area contributed by atoms with E-state index in [-0.39, 0.29) is 0 Å². The fraction of sp³-hybridized carbons (Fsp3) is 0.455. The first-order valence-corrected chi connectivity index (χ1v) is 11.6. The van der Waals surface area contributed by atoms with Crippen molar-refractivity contribution in [2.45, 2.75) is 30.4 Å². The summed E-state index contributed by atoms with van der Waals surface area (Å²) < 4.78 is 60.2. The van der Waals surface area contributed by atoms with Crippen molar-refractivity contribution in [1.82, 2.24) is 4.90 Å². The molecule has 0 N–H and O–H groups in total. The first-order valence-electron chi connectivity index (χ1n) is 10.2. The summed E-state index contributed by atoms with van der Waals surface area (Å²) in [5.41, 5.74) is -2.67. The number of nitrogens with zero attached hydrogens (tertiary/aromatic N) is 2. The lowest BCUT2D eigenvalue weighted by Gasteiger charge is -2.57. The van der Waals surface area contributed by atoms with Gasteiger partial charge in [-0.2, -0.15) is 13.2 Å². The van der Waals surface area contributed by atoms with Gasteiger partial charge in [-0.3, -0.25) is 4.90 Å². The molecular weight excluding hydrogens is 429 g/mol.